The Morgan fingerprint density at radius 3 is 1.79 bits per heavy atom. The fourth-order valence-electron chi connectivity index (χ4n) is 2.64. The zero-order chi connectivity index (χ0) is 28.8. The van der Waals surface area contributed by atoms with Crippen LogP contribution in [0.5, 0.6) is 23.3 Å². The van der Waals surface area contributed by atoms with Crippen LogP contribution in [0.1, 0.15) is 11.1 Å². The monoisotopic (exact) mass is 561 g/mol. The average Bonchev–Trinajstić information content (AvgIpc) is 2.83. The van der Waals surface area contributed by atoms with Gasteiger partial charge in [-0.15, -0.1) is 0 Å². The van der Waals surface area contributed by atoms with Crippen LogP contribution in [0, 0.1) is 22.0 Å². The number of nitrogens with zero attached hydrogens (tertiary/aromatic N) is 5. The third-order valence-electron chi connectivity index (χ3n) is 4.30. The molecule has 0 saturated heterocycles. The summed E-state index contributed by atoms with van der Waals surface area (Å²) >= 11 is 0. The maximum atomic E-state index is 12.9. The predicted octanol–water partition coefficient (Wildman–Crippen LogP) is 6.76. The van der Waals surface area contributed by atoms with Gasteiger partial charge in [-0.25, -0.2) is 19.9 Å². The van der Waals surface area contributed by atoms with Crippen molar-refractivity contribution >= 4 is 5.69 Å². The highest BCUT2D eigenvalue weighted by Gasteiger charge is 2.33. The Morgan fingerprint density at radius 1 is 0.692 bits per heavy atom. The number of hydrogen-bond donors (Lipinski definition) is 0. The van der Waals surface area contributed by atoms with Crippen LogP contribution in [0.3, 0.4) is 0 Å². The SMILES string of the molecule is Fc1cc(F)ncn1.O=[N+]([O-])c1ccc(C(F)(F)F)cc1Oc1cc(Oc2cccc(C(F)(F)F)c2)ncn1. The molecule has 4 aromatic rings. The number of rotatable bonds is 5. The van der Waals surface area contributed by atoms with Crippen molar-refractivity contribution in [1.29, 1.82) is 0 Å². The second kappa shape index (κ2) is 11.6. The fraction of sp³-hybridized carbons (Fsp3) is 0.0909. The molecular formula is C22H11F8N5O4. The van der Waals surface area contributed by atoms with Gasteiger partial charge in [0, 0.05) is 18.2 Å². The standard InChI is InChI=1S/C18H9F6N3O4.C4H2F2N2/c19-17(20,21)10-2-1-3-12(6-10)30-15-8-16(26-9-25-15)31-14-7-11(18(22,23)24)4-5-13(14)27(28)29;5-3-1-4(6)8-2-7-3/h1-9H;1-2H. The third kappa shape index (κ3) is 8.27. The maximum absolute atomic E-state index is 12.9. The molecule has 0 aliphatic heterocycles. The van der Waals surface area contributed by atoms with Crippen LogP contribution in [0.25, 0.3) is 0 Å². The maximum Gasteiger partial charge on any atom is 0.416 e. The van der Waals surface area contributed by atoms with Crippen molar-refractivity contribution in [2.75, 3.05) is 0 Å². The number of ether oxygens (including phenoxy) is 2. The Hall–Kier alpha value is -4.96. The van der Waals surface area contributed by atoms with Crippen molar-refractivity contribution in [3.05, 3.63) is 100 Å². The number of halogens is 8. The van der Waals surface area contributed by atoms with Crippen LogP contribution < -0.4 is 9.47 Å². The molecule has 0 aliphatic rings. The Kier molecular flexibility index (Phi) is 8.52. The van der Waals surface area contributed by atoms with Gasteiger partial charge in [-0.05, 0) is 24.3 Å². The second-order valence-corrected chi connectivity index (χ2v) is 7.03. The highest BCUT2D eigenvalue weighted by Crippen LogP contribution is 2.38. The van der Waals surface area contributed by atoms with E-state index in [0.717, 1.165) is 30.9 Å². The Bertz CT molecular complexity index is 1450. The summed E-state index contributed by atoms with van der Waals surface area (Å²) in [6.07, 6.45) is -7.71. The minimum Gasteiger partial charge on any atom is -0.439 e. The molecule has 9 nitrogen and oxygen atoms in total. The van der Waals surface area contributed by atoms with Gasteiger partial charge in [0.1, 0.15) is 18.4 Å². The van der Waals surface area contributed by atoms with E-state index >= 15 is 0 Å². The molecular weight excluding hydrogens is 550 g/mol. The highest BCUT2D eigenvalue weighted by atomic mass is 19.4. The zero-order valence-electron chi connectivity index (χ0n) is 18.7. The summed E-state index contributed by atoms with van der Waals surface area (Å²) in [6, 6.07) is 6.98. The predicted molar refractivity (Wildman–Crippen MR) is 114 cm³/mol. The molecule has 0 amide bonds. The Labute approximate surface area is 211 Å². The lowest BCUT2D eigenvalue weighted by Crippen LogP contribution is -2.06. The summed E-state index contributed by atoms with van der Waals surface area (Å²) in [5, 5.41) is 11.1. The van der Waals surface area contributed by atoms with Crippen LogP contribution in [-0.2, 0) is 12.4 Å². The quantitative estimate of drug-likeness (QED) is 0.114. The molecule has 2 heterocycles. The first-order chi connectivity index (χ1) is 18.2. The fourth-order valence-corrected chi connectivity index (χ4v) is 2.64. The molecule has 204 valence electrons. The molecule has 0 radical (unpaired) electrons. The number of nitro groups is 1. The molecule has 4 rings (SSSR count). The van der Waals surface area contributed by atoms with Gasteiger partial charge >= 0.3 is 18.0 Å². The van der Waals surface area contributed by atoms with Crippen LogP contribution in [-0.4, -0.2) is 24.9 Å². The number of aromatic nitrogens is 4. The lowest BCUT2D eigenvalue weighted by Gasteiger charge is -2.11. The molecule has 39 heavy (non-hydrogen) atoms. The molecule has 0 fully saturated rings. The van der Waals surface area contributed by atoms with Crippen molar-refractivity contribution in [2.24, 2.45) is 0 Å². The molecule has 0 saturated carbocycles. The number of alkyl halides is 6. The van der Waals surface area contributed by atoms with Gasteiger partial charge < -0.3 is 9.47 Å². The first-order valence-electron chi connectivity index (χ1n) is 10.1. The molecule has 17 heteroatoms. The average molecular weight is 561 g/mol. The lowest BCUT2D eigenvalue weighted by atomic mass is 10.2. The van der Waals surface area contributed by atoms with Crippen LogP contribution in [0.15, 0.2) is 67.3 Å². The molecule has 0 aliphatic carbocycles. The van der Waals surface area contributed by atoms with E-state index in [0.29, 0.717) is 30.3 Å². The van der Waals surface area contributed by atoms with E-state index in [-0.39, 0.29) is 11.6 Å². The van der Waals surface area contributed by atoms with Crippen molar-refractivity contribution in [3.63, 3.8) is 0 Å². The largest absolute Gasteiger partial charge is 0.439 e. The number of benzene rings is 2. The molecule has 2 aromatic carbocycles. The van der Waals surface area contributed by atoms with Crippen LogP contribution in [0.2, 0.25) is 0 Å². The van der Waals surface area contributed by atoms with E-state index in [1.54, 1.807) is 0 Å². The van der Waals surface area contributed by atoms with E-state index in [9.17, 15) is 45.2 Å². The Morgan fingerprint density at radius 2 is 1.26 bits per heavy atom. The van der Waals surface area contributed by atoms with Gasteiger partial charge in [-0.2, -0.15) is 35.1 Å². The summed E-state index contributed by atoms with van der Waals surface area (Å²) in [5.41, 5.74) is -2.93. The number of hydrogen-bond acceptors (Lipinski definition) is 8. The summed E-state index contributed by atoms with van der Waals surface area (Å²) in [6.45, 7) is 0. The summed E-state index contributed by atoms with van der Waals surface area (Å²) < 4.78 is 111. The third-order valence-corrected chi connectivity index (χ3v) is 4.30. The van der Waals surface area contributed by atoms with Gasteiger partial charge in [0.05, 0.1) is 22.1 Å². The summed E-state index contributed by atoms with van der Waals surface area (Å²) in [4.78, 5) is 23.5. The summed E-state index contributed by atoms with van der Waals surface area (Å²) in [7, 11) is 0. The first kappa shape index (κ1) is 28.6. The van der Waals surface area contributed by atoms with E-state index in [4.69, 9.17) is 9.47 Å². The smallest absolute Gasteiger partial charge is 0.416 e. The lowest BCUT2D eigenvalue weighted by molar-refractivity contribution is -0.385. The van der Waals surface area contributed by atoms with E-state index in [1.807, 2.05) is 0 Å². The van der Waals surface area contributed by atoms with Gasteiger partial charge in [0.2, 0.25) is 29.4 Å². The normalized spacial score (nSPS) is 11.3. The van der Waals surface area contributed by atoms with Crippen LogP contribution in [0.4, 0.5) is 40.8 Å². The number of nitro benzene ring substituents is 1. The van der Waals surface area contributed by atoms with Crippen molar-refractivity contribution in [2.45, 2.75) is 12.4 Å². The zero-order valence-corrected chi connectivity index (χ0v) is 18.7. The second-order valence-electron chi connectivity index (χ2n) is 7.03. The first-order valence-corrected chi connectivity index (χ1v) is 10.1. The van der Waals surface area contributed by atoms with E-state index in [1.165, 1.54) is 6.07 Å². The van der Waals surface area contributed by atoms with E-state index in [2.05, 4.69) is 19.9 Å². The Balaban J connectivity index is 0.000000449. The molecule has 2 aromatic heterocycles. The molecule has 0 bridgehead atoms. The van der Waals surface area contributed by atoms with Gasteiger partial charge in [0.25, 0.3) is 0 Å². The minimum absolute atomic E-state index is 0.232. The molecule has 0 atom stereocenters. The highest BCUT2D eigenvalue weighted by molar-refractivity contribution is 5.50. The van der Waals surface area contributed by atoms with Gasteiger partial charge in [-0.1, -0.05) is 6.07 Å². The van der Waals surface area contributed by atoms with E-state index < -0.39 is 57.6 Å². The minimum atomic E-state index is -4.78. The van der Waals surface area contributed by atoms with Gasteiger partial charge in [0.15, 0.2) is 0 Å². The topological polar surface area (TPSA) is 113 Å². The van der Waals surface area contributed by atoms with Crippen molar-refractivity contribution < 1.29 is 49.5 Å². The molecule has 0 N–H and O–H groups in total. The molecule has 0 unspecified atom stereocenters. The van der Waals surface area contributed by atoms with Crippen molar-refractivity contribution in [1.82, 2.24) is 19.9 Å². The van der Waals surface area contributed by atoms with Crippen molar-refractivity contribution in [3.8, 4) is 23.3 Å². The van der Waals surface area contributed by atoms with Crippen LogP contribution >= 0.6 is 0 Å². The van der Waals surface area contributed by atoms with Gasteiger partial charge in [-0.3, -0.25) is 10.1 Å². The molecule has 0 spiro atoms. The summed E-state index contributed by atoms with van der Waals surface area (Å²) in [5.74, 6) is -3.42.